The minimum absolute atomic E-state index is 0.0651. The van der Waals surface area contributed by atoms with Crippen molar-refractivity contribution in [3.8, 4) is 0 Å². The molecule has 0 amide bonds. The second-order valence-corrected chi connectivity index (χ2v) is 3.86. The molecule has 0 aromatic carbocycles. The van der Waals surface area contributed by atoms with Crippen LogP contribution in [-0.4, -0.2) is 16.1 Å². The standard InChI is InChI=1S/C8H7F2IN2O2/c9-7(10)4-1-3(2-5(14)15)6(11)8(12)13-4/h1,7H,2H2,(H2,12,13)(H,14,15). The molecule has 4 nitrogen and oxygen atoms in total. The number of pyridine rings is 1. The molecular formula is C8H7F2IN2O2. The van der Waals surface area contributed by atoms with Gasteiger partial charge < -0.3 is 10.8 Å². The molecule has 1 rings (SSSR count). The number of nitrogens with two attached hydrogens (primary N) is 1. The summed E-state index contributed by atoms with van der Waals surface area (Å²) in [7, 11) is 0. The van der Waals surface area contributed by atoms with Gasteiger partial charge in [-0.2, -0.15) is 0 Å². The van der Waals surface area contributed by atoms with Gasteiger partial charge in [0.25, 0.3) is 6.43 Å². The zero-order chi connectivity index (χ0) is 11.6. The number of carboxylic acid groups (broad SMARTS) is 1. The Morgan fingerprint density at radius 1 is 1.67 bits per heavy atom. The van der Waals surface area contributed by atoms with Crippen molar-refractivity contribution in [2.75, 3.05) is 5.73 Å². The van der Waals surface area contributed by atoms with E-state index in [9.17, 15) is 13.6 Å². The van der Waals surface area contributed by atoms with Crippen LogP contribution in [0.1, 0.15) is 17.7 Å². The molecule has 0 aliphatic carbocycles. The second kappa shape index (κ2) is 4.69. The van der Waals surface area contributed by atoms with Crippen LogP contribution in [0.15, 0.2) is 6.07 Å². The van der Waals surface area contributed by atoms with Gasteiger partial charge in [0.2, 0.25) is 0 Å². The van der Waals surface area contributed by atoms with Gasteiger partial charge in [-0.3, -0.25) is 4.79 Å². The molecule has 7 heteroatoms. The number of halogens is 3. The quantitative estimate of drug-likeness (QED) is 0.830. The fraction of sp³-hybridized carbons (Fsp3) is 0.250. The highest BCUT2D eigenvalue weighted by Gasteiger charge is 2.16. The molecule has 1 heterocycles. The van der Waals surface area contributed by atoms with Crippen molar-refractivity contribution in [2.24, 2.45) is 0 Å². The first kappa shape index (κ1) is 12.1. The Bertz CT molecular complexity index is 398. The highest BCUT2D eigenvalue weighted by atomic mass is 127. The monoisotopic (exact) mass is 328 g/mol. The van der Waals surface area contributed by atoms with Crippen molar-refractivity contribution in [2.45, 2.75) is 12.8 Å². The van der Waals surface area contributed by atoms with Crippen LogP contribution in [0.25, 0.3) is 0 Å². The van der Waals surface area contributed by atoms with Crippen molar-refractivity contribution in [3.05, 3.63) is 20.9 Å². The van der Waals surface area contributed by atoms with Gasteiger partial charge in [-0.25, -0.2) is 13.8 Å². The fourth-order valence-electron chi connectivity index (χ4n) is 1.03. The molecule has 0 aliphatic heterocycles. The minimum atomic E-state index is -2.75. The number of hydrogen-bond donors (Lipinski definition) is 2. The van der Waals surface area contributed by atoms with Gasteiger partial charge in [-0.15, -0.1) is 0 Å². The van der Waals surface area contributed by atoms with E-state index in [1.807, 2.05) is 0 Å². The lowest BCUT2D eigenvalue weighted by Gasteiger charge is -2.07. The lowest BCUT2D eigenvalue weighted by atomic mass is 10.1. The number of nitrogen functional groups attached to an aromatic ring is 1. The summed E-state index contributed by atoms with van der Waals surface area (Å²) in [4.78, 5) is 13.9. The lowest BCUT2D eigenvalue weighted by Crippen LogP contribution is -2.07. The summed E-state index contributed by atoms with van der Waals surface area (Å²) < 4.78 is 25.1. The van der Waals surface area contributed by atoms with E-state index < -0.39 is 18.1 Å². The van der Waals surface area contributed by atoms with Crippen LogP contribution in [0.4, 0.5) is 14.6 Å². The van der Waals surface area contributed by atoms with Crippen molar-refractivity contribution >= 4 is 34.4 Å². The average molecular weight is 328 g/mol. The molecule has 0 radical (unpaired) electrons. The molecule has 0 saturated carbocycles. The van der Waals surface area contributed by atoms with Gasteiger partial charge in [0.1, 0.15) is 11.5 Å². The third kappa shape index (κ3) is 2.98. The predicted molar refractivity (Wildman–Crippen MR) is 57.7 cm³/mol. The number of hydrogen-bond acceptors (Lipinski definition) is 3. The largest absolute Gasteiger partial charge is 0.481 e. The summed E-state index contributed by atoms with van der Waals surface area (Å²) in [5.74, 6) is -1.16. The fourth-order valence-corrected chi connectivity index (χ4v) is 1.50. The maximum atomic E-state index is 12.3. The summed E-state index contributed by atoms with van der Waals surface area (Å²) >= 11 is 1.78. The minimum Gasteiger partial charge on any atom is -0.481 e. The molecule has 15 heavy (non-hydrogen) atoms. The van der Waals surface area contributed by atoms with Gasteiger partial charge in [0.15, 0.2) is 0 Å². The van der Waals surface area contributed by atoms with Gasteiger partial charge >= 0.3 is 5.97 Å². The van der Waals surface area contributed by atoms with Crippen LogP contribution in [0, 0.1) is 3.57 Å². The number of carboxylic acids is 1. The first-order chi connectivity index (χ1) is 6.91. The summed E-state index contributed by atoms with van der Waals surface area (Å²) in [6, 6.07) is 1.07. The number of carbonyl (C=O) groups is 1. The van der Waals surface area contributed by atoms with E-state index in [2.05, 4.69) is 4.98 Å². The Morgan fingerprint density at radius 2 is 2.27 bits per heavy atom. The summed E-state index contributed by atoms with van der Waals surface area (Å²) in [5.41, 5.74) is 5.15. The van der Waals surface area contributed by atoms with E-state index in [1.54, 1.807) is 22.6 Å². The summed E-state index contributed by atoms with van der Waals surface area (Å²) in [6.45, 7) is 0. The first-order valence-corrected chi connectivity index (χ1v) is 4.94. The van der Waals surface area contributed by atoms with Crippen molar-refractivity contribution in [1.82, 2.24) is 4.98 Å². The predicted octanol–water partition coefficient (Wildman–Crippen LogP) is 1.83. The Balaban J connectivity index is 3.18. The molecule has 0 saturated heterocycles. The third-order valence-electron chi connectivity index (χ3n) is 1.64. The van der Waals surface area contributed by atoms with E-state index in [1.165, 1.54) is 0 Å². The van der Waals surface area contributed by atoms with Crippen molar-refractivity contribution in [1.29, 1.82) is 0 Å². The number of aromatic nitrogens is 1. The van der Waals surface area contributed by atoms with E-state index in [0.717, 1.165) is 6.07 Å². The number of alkyl halides is 2. The van der Waals surface area contributed by atoms with Crippen molar-refractivity contribution in [3.63, 3.8) is 0 Å². The molecule has 1 aromatic heterocycles. The Labute approximate surface area is 97.6 Å². The molecule has 0 atom stereocenters. The molecule has 0 fully saturated rings. The summed E-state index contributed by atoms with van der Waals surface area (Å²) in [5, 5.41) is 8.56. The van der Waals surface area contributed by atoms with Gasteiger partial charge in [-0.1, -0.05) is 0 Å². The SMILES string of the molecule is Nc1nc(C(F)F)cc(CC(=O)O)c1I. The molecule has 0 unspecified atom stereocenters. The number of nitrogens with zero attached hydrogens (tertiary/aromatic N) is 1. The van der Waals surface area contributed by atoms with Crippen LogP contribution >= 0.6 is 22.6 Å². The smallest absolute Gasteiger partial charge is 0.307 e. The molecule has 1 aromatic rings. The van der Waals surface area contributed by atoms with Gasteiger partial charge in [0, 0.05) is 0 Å². The Morgan fingerprint density at radius 3 is 2.73 bits per heavy atom. The van der Waals surface area contributed by atoms with E-state index in [4.69, 9.17) is 10.8 Å². The topological polar surface area (TPSA) is 76.2 Å². The van der Waals surface area contributed by atoms with E-state index >= 15 is 0 Å². The molecule has 0 spiro atoms. The molecular weight excluding hydrogens is 321 g/mol. The highest BCUT2D eigenvalue weighted by Crippen LogP contribution is 2.24. The average Bonchev–Trinajstić information content (AvgIpc) is 2.11. The van der Waals surface area contributed by atoms with Crippen LogP contribution in [-0.2, 0) is 11.2 Å². The molecule has 3 N–H and O–H groups in total. The van der Waals surface area contributed by atoms with E-state index in [-0.39, 0.29) is 17.8 Å². The number of aliphatic carboxylic acids is 1. The molecule has 0 bridgehead atoms. The van der Waals surface area contributed by atoms with Crippen LogP contribution < -0.4 is 5.73 Å². The van der Waals surface area contributed by atoms with Crippen LogP contribution in [0.3, 0.4) is 0 Å². The van der Waals surface area contributed by atoms with Crippen molar-refractivity contribution < 1.29 is 18.7 Å². The Kier molecular flexibility index (Phi) is 3.77. The first-order valence-electron chi connectivity index (χ1n) is 3.86. The second-order valence-electron chi connectivity index (χ2n) is 2.78. The zero-order valence-electron chi connectivity index (χ0n) is 7.38. The maximum absolute atomic E-state index is 12.3. The highest BCUT2D eigenvalue weighted by molar-refractivity contribution is 14.1. The summed E-state index contributed by atoms with van der Waals surface area (Å²) in [6.07, 6.45) is -3.10. The van der Waals surface area contributed by atoms with Crippen LogP contribution in [0.2, 0.25) is 0 Å². The third-order valence-corrected chi connectivity index (χ3v) is 2.89. The lowest BCUT2D eigenvalue weighted by molar-refractivity contribution is -0.136. The van der Waals surface area contributed by atoms with Crippen LogP contribution in [0.5, 0.6) is 0 Å². The Hall–Kier alpha value is -0.990. The zero-order valence-corrected chi connectivity index (χ0v) is 9.53. The number of rotatable bonds is 3. The van der Waals surface area contributed by atoms with E-state index in [0.29, 0.717) is 3.57 Å². The maximum Gasteiger partial charge on any atom is 0.307 e. The molecule has 0 aliphatic rings. The normalized spacial score (nSPS) is 10.7. The van der Waals surface area contributed by atoms with Gasteiger partial charge in [-0.05, 0) is 34.2 Å². The number of anilines is 1. The van der Waals surface area contributed by atoms with Gasteiger partial charge in [0.05, 0.1) is 9.99 Å². The molecule has 82 valence electrons.